The maximum atomic E-state index is 12.8. The molecule has 0 spiro atoms. The fraction of sp³-hybridized carbons (Fsp3) is 0.0588. The van der Waals surface area contributed by atoms with Crippen molar-refractivity contribution in [1.82, 2.24) is 0 Å². The summed E-state index contributed by atoms with van der Waals surface area (Å²) in [5.74, 6) is -0.515. The molecule has 0 aliphatic heterocycles. The zero-order valence-electron chi connectivity index (χ0n) is 12.6. The summed E-state index contributed by atoms with van der Waals surface area (Å²) in [5.41, 5.74) is 0.824. The molecular formula is C17H13ClFN3O2. The quantitative estimate of drug-likeness (QED) is 0.635. The molecule has 0 aliphatic carbocycles. The van der Waals surface area contributed by atoms with E-state index in [1.54, 1.807) is 24.3 Å². The van der Waals surface area contributed by atoms with Crippen molar-refractivity contribution in [3.05, 3.63) is 65.1 Å². The summed E-state index contributed by atoms with van der Waals surface area (Å²) in [6.45, 7) is 0. The lowest BCUT2D eigenvalue weighted by Gasteiger charge is -2.07. The molecule has 0 saturated carbocycles. The number of carbonyl (C=O) groups is 1. The van der Waals surface area contributed by atoms with Crippen LogP contribution in [0.5, 0.6) is 5.75 Å². The van der Waals surface area contributed by atoms with Crippen molar-refractivity contribution in [3.63, 3.8) is 0 Å². The Kier molecular flexibility index (Phi) is 5.77. The first-order valence-corrected chi connectivity index (χ1v) is 7.18. The normalized spacial score (nSPS) is 10.7. The van der Waals surface area contributed by atoms with Crippen LogP contribution in [0.3, 0.4) is 0 Å². The number of ether oxygens (including phenoxy) is 1. The summed E-state index contributed by atoms with van der Waals surface area (Å²) in [7, 11) is 1.50. The molecule has 0 bridgehead atoms. The first-order valence-electron chi connectivity index (χ1n) is 6.80. The fourth-order valence-corrected chi connectivity index (χ4v) is 2.05. The van der Waals surface area contributed by atoms with Gasteiger partial charge in [-0.25, -0.2) is 4.39 Å². The second-order valence-corrected chi connectivity index (χ2v) is 5.03. The number of nitriles is 1. The van der Waals surface area contributed by atoms with Crippen molar-refractivity contribution in [2.24, 2.45) is 0 Å². The summed E-state index contributed by atoms with van der Waals surface area (Å²) in [6, 6.07) is 12.0. The number of rotatable bonds is 5. The van der Waals surface area contributed by atoms with Crippen LogP contribution in [-0.4, -0.2) is 13.0 Å². The summed E-state index contributed by atoms with van der Waals surface area (Å²) in [5, 5.41) is 14.8. The Morgan fingerprint density at radius 1 is 1.25 bits per heavy atom. The lowest BCUT2D eigenvalue weighted by Crippen LogP contribution is -2.14. The number of carbonyl (C=O) groups excluding carboxylic acids is 1. The number of hydrogen-bond donors (Lipinski definition) is 2. The molecule has 0 saturated heterocycles. The Labute approximate surface area is 143 Å². The topological polar surface area (TPSA) is 74.1 Å². The fourth-order valence-electron chi connectivity index (χ4n) is 1.79. The van der Waals surface area contributed by atoms with Crippen molar-refractivity contribution >= 4 is 28.9 Å². The van der Waals surface area contributed by atoms with E-state index < -0.39 is 11.7 Å². The van der Waals surface area contributed by atoms with E-state index in [9.17, 15) is 9.18 Å². The van der Waals surface area contributed by atoms with Crippen LogP contribution in [0, 0.1) is 17.1 Å². The lowest BCUT2D eigenvalue weighted by atomic mass is 10.2. The second kappa shape index (κ2) is 7.99. The van der Waals surface area contributed by atoms with Gasteiger partial charge in [-0.3, -0.25) is 4.79 Å². The number of methoxy groups -OCH3 is 1. The summed E-state index contributed by atoms with van der Waals surface area (Å²) < 4.78 is 17.9. The molecule has 0 aromatic heterocycles. The molecule has 0 atom stereocenters. The van der Waals surface area contributed by atoms with Gasteiger partial charge in [0.2, 0.25) is 0 Å². The van der Waals surface area contributed by atoms with E-state index in [0.717, 1.165) is 0 Å². The predicted molar refractivity (Wildman–Crippen MR) is 90.4 cm³/mol. The lowest BCUT2D eigenvalue weighted by molar-refractivity contribution is -0.112. The molecule has 0 fully saturated rings. The third kappa shape index (κ3) is 4.48. The van der Waals surface area contributed by atoms with Crippen molar-refractivity contribution in [2.45, 2.75) is 0 Å². The van der Waals surface area contributed by atoms with E-state index in [0.29, 0.717) is 22.1 Å². The minimum Gasteiger partial charge on any atom is -0.495 e. The van der Waals surface area contributed by atoms with Crippen LogP contribution in [0.15, 0.2) is 54.2 Å². The Balaban J connectivity index is 2.08. The van der Waals surface area contributed by atoms with Crippen LogP contribution in [0.1, 0.15) is 0 Å². The summed E-state index contributed by atoms with van der Waals surface area (Å²) in [6.07, 6.45) is 1.26. The van der Waals surface area contributed by atoms with Gasteiger partial charge in [0.15, 0.2) is 0 Å². The summed E-state index contributed by atoms with van der Waals surface area (Å²) in [4.78, 5) is 12.0. The van der Waals surface area contributed by atoms with Crippen molar-refractivity contribution in [2.75, 3.05) is 17.7 Å². The van der Waals surface area contributed by atoms with Crippen molar-refractivity contribution < 1.29 is 13.9 Å². The van der Waals surface area contributed by atoms with Crippen LogP contribution in [0.25, 0.3) is 0 Å². The molecule has 2 rings (SSSR count). The Hall–Kier alpha value is -3.04. The van der Waals surface area contributed by atoms with Gasteiger partial charge in [0.25, 0.3) is 5.91 Å². The third-order valence-electron chi connectivity index (χ3n) is 3.00. The van der Waals surface area contributed by atoms with Gasteiger partial charge in [-0.2, -0.15) is 5.26 Å². The van der Waals surface area contributed by atoms with E-state index in [2.05, 4.69) is 10.6 Å². The molecule has 122 valence electrons. The number of halogens is 2. The molecule has 0 aliphatic rings. The van der Waals surface area contributed by atoms with E-state index in [-0.39, 0.29) is 5.57 Å². The molecule has 2 N–H and O–H groups in total. The molecule has 0 radical (unpaired) electrons. The highest BCUT2D eigenvalue weighted by Gasteiger charge is 2.09. The molecule has 2 aromatic carbocycles. The van der Waals surface area contributed by atoms with Gasteiger partial charge in [0, 0.05) is 17.6 Å². The van der Waals surface area contributed by atoms with Crippen molar-refractivity contribution in [1.29, 1.82) is 5.26 Å². The largest absolute Gasteiger partial charge is 0.495 e. The van der Waals surface area contributed by atoms with Crippen LogP contribution in [0.4, 0.5) is 15.8 Å². The standard InChI is InChI=1S/C17H13ClFN3O2/c1-24-16-7-6-14(8-15(16)18)21-10-11(9-20)17(23)22-13-4-2-12(19)3-5-13/h2-8,10,21H,1H3,(H,22,23)/b11-10-. The van der Waals surface area contributed by atoms with E-state index >= 15 is 0 Å². The minimum absolute atomic E-state index is 0.147. The Bertz CT molecular complexity index is 814. The van der Waals surface area contributed by atoms with Gasteiger partial charge in [-0.1, -0.05) is 11.6 Å². The average Bonchev–Trinajstić information content (AvgIpc) is 2.57. The molecule has 0 heterocycles. The molecule has 7 heteroatoms. The third-order valence-corrected chi connectivity index (χ3v) is 3.30. The second-order valence-electron chi connectivity index (χ2n) is 4.62. The number of amides is 1. The average molecular weight is 346 g/mol. The SMILES string of the molecule is COc1ccc(N/C=C(/C#N)C(=O)Nc2ccc(F)cc2)cc1Cl. The smallest absolute Gasteiger partial charge is 0.267 e. The Morgan fingerprint density at radius 2 is 1.92 bits per heavy atom. The first kappa shape index (κ1) is 17.3. The van der Waals surface area contributed by atoms with E-state index in [4.69, 9.17) is 21.6 Å². The maximum Gasteiger partial charge on any atom is 0.267 e. The zero-order chi connectivity index (χ0) is 17.5. The number of benzene rings is 2. The number of nitrogens with zero attached hydrogens (tertiary/aromatic N) is 1. The number of nitrogens with one attached hydrogen (secondary N) is 2. The highest BCUT2D eigenvalue weighted by Crippen LogP contribution is 2.27. The van der Waals surface area contributed by atoms with E-state index in [1.807, 2.05) is 0 Å². The minimum atomic E-state index is -0.615. The molecule has 0 unspecified atom stereocenters. The zero-order valence-corrected chi connectivity index (χ0v) is 13.4. The molecule has 2 aromatic rings. The van der Waals surface area contributed by atoms with Gasteiger partial charge in [0.05, 0.1) is 12.1 Å². The molecular weight excluding hydrogens is 333 g/mol. The molecule has 5 nitrogen and oxygen atoms in total. The van der Waals surface area contributed by atoms with Crippen molar-refractivity contribution in [3.8, 4) is 11.8 Å². The van der Waals surface area contributed by atoms with Gasteiger partial charge in [-0.15, -0.1) is 0 Å². The molecule has 24 heavy (non-hydrogen) atoms. The summed E-state index contributed by atoms with van der Waals surface area (Å²) >= 11 is 6.00. The van der Waals surface area contributed by atoms with E-state index in [1.165, 1.54) is 37.6 Å². The maximum absolute atomic E-state index is 12.8. The number of anilines is 2. The molecule has 1 amide bonds. The highest BCUT2D eigenvalue weighted by atomic mass is 35.5. The Morgan fingerprint density at radius 3 is 2.50 bits per heavy atom. The monoisotopic (exact) mass is 345 g/mol. The van der Waals surface area contributed by atoms with Gasteiger partial charge in [0.1, 0.15) is 23.2 Å². The van der Waals surface area contributed by atoms with Gasteiger partial charge >= 0.3 is 0 Å². The van der Waals surface area contributed by atoms with Crippen LogP contribution in [0.2, 0.25) is 5.02 Å². The predicted octanol–water partition coefficient (Wildman–Crippen LogP) is 3.95. The van der Waals surface area contributed by atoms with Gasteiger partial charge in [-0.05, 0) is 42.5 Å². The first-order chi connectivity index (χ1) is 11.5. The highest BCUT2D eigenvalue weighted by molar-refractivity contribution is 6.32. The number of hydrogen-bond acceptors (Lipinski definition) is 4. The van der Waals surface area contributed by atoms with Crippen LogP contribution in [-0.2, 0) is 4.79 Å². The van der Waals surface area contributed by atoms with Crippen LogP contribution >= 0.6 is 11.6 Å². The van der Waals surface area contributed by atoms with Gasteiger partial charge < -0.3 is 15.4 Å². The van der Waals surface area contributed by atoms with Crippen LogP contribution < -0.4 is 15.4 Å².